The van der Waals surface area contributed by atoms with Crippen LogP contribution in [0.3, 0.4) is 0 Å². The van der Waals surface area contributed by atoms with E-state index >= 15 is 0 Å². The molecular formula is C14H29N3O2S. The van der Waals surface area contributed by atoms with Crippen molar-refractivity contribution in [3.63, 3.8) is 0 Å². The molecule has 0 saturated carbocycles. The third-order valence-corrected chi connectivity index (χ3v) is 7.04. The van der Waals surface area contributed by atoms with E-state index in [9.17, 15) is 8.42 Å². The highest BCUT2D eigenvalue weighted by Gasteiger charge is 2.39. The number of piperidine rings is 2. The molecule has 2 heterocycles. The molecule has 2 fully saturated rings. The number of hydrogen-bond acceptors (Lipinski definition) is 3. The molecule has 118 valence electrons. The maximum Gasteiger partial charge on any atom is 0.282 e. The number of nitrogens with zero attached hydrogens (tertiary/aromatic N) is 2. The molecule has 0 aromatic heterocycles. The van der Waals surface area contributed by atoms with E-state index in [1.54, 1.807) is 8.61 Å². The summed E-state index contributed by atoms with van der Waals surface area (Å²) >= 11 is 0. The topological polar surface area (TPSA) is 52.7 Å². The third kappa shape index (κ3) is 3.35. The van der Waals surface area contributed by atoms with Gasteiger partial charge < -0.3 is 5.32 Å². The van der Waals surface area contributed by atoms with Crippen LogP contribution in [0.4, 0.5) is 0 Å². The Bertz CT molecular complexity index is 395. The normalized spacial score (nSPS) is 31.6. The molecule has 20 heavy (non-hydrogen) atoms. The number of rotatable bonds is 4. The Hall–Kier alpha value is -0.170. The molecule has 0 spiro atoms. The van der Waals surface area contributed by atoms with Gasteiger partial charge in [-0.2, -0.15) is 17.0 Å². The SMILES string of the molecule is CNCC1CCN(S(=O)(=O)N2[C@H](C)CCC[C@@H]2C)CC1. The van der Waals surface area contributed by atoms with Gasteiger partial charge in [0, 0.05) is 25.2 Å². The van der Waals surface area contributed by atoms with Crippen molar-refractivity contribution in [2.45, 2.75) is 58.0 Å². The highest BCUT2D eigenvalue weighted by atomic mass is 32.2. The first kappa shape index (κ1) is 16.2. The first-order chi connectivity index (χ1) is 9.46. The minimum absolute atomic E-state index is 0.138. The van der Waals surface area contributed by atoms with Crippen LogP contribution in [0.15, 0.2) is 0 Å². The molecule has 2 saturated heterocycles. The van der Waals surface area contributed by atoms with Gasteiger partial charge in [-0.05, 0) is 59.0 Å². The fraction of sp³-hybridized carbons (Fsp3) is 1.00. The van der Waals surface area contributed by atoms with Gasteiger partial charge in [-0.25, -0.2) is 0 Å². The van der Waals surface area contributed by atoms with Crippen molar-refractivity contribution in [2.75, 3.05) is 26.7 Å². The Morgan fingerprint density at radius 1 is 1.05 bits per heavy atom. The summed E-state index contributed by atoms with van der Waals surface area (Å²) in [6, 6.07) is 0.276. The lowest BCUT2D eigenvalue weighted by molar-refractivity contribution is 0.177. The molecular weight excluding hydrogens is 274 g/mol. The minimum atomic E-state index is -3.28. The van der Waals surface area contributed by atoms with Gasteiger partial charge in [-0.15, -0.1) is 0 Å². The Morgan fingerprint density at radius 2 is 1.60 bits per heavy atom. The first-order valence-electron chi connectivity index (χ1n) is 7.90. The van der Waals surface area contributed by atoms with Crippen molar-refractivity contribution in [1.82, 2.24) is 13.9 Å². The van der Waals surface area contributed by atoms with Crippen molar-refractivity contribution in [3.8, 4) is 0 Å². The van der Waals surface area contributed by atoms with E-state index in [1.165, 1.54) is 0 Å². The monoisotopic (exact) mass is 303 g/mol. The molecule has 2 aliphatic heterocycles. The average Bonchev–Trinajstić information content (AvgIpc) is 2.39. The van der Waals surface area contributed by atoms with Gasteiger partial charge in [0.15, 0.2) is 0 Å². The minimum Gasteiger partial charge on any atom is -0.319 e. The van der Waals surface area contributed by atoms with Crippen LogP contribution in [-0.2, 0) is 10.2 Å². The summed E-state index contributed by atoms with van der Waals surface area (Å²) in [5.41, 5.74) is 0. The summed E-state index contributed by atoms with van der Waals surface area (Å²) in [7, 11) is -1.32. The zero-order valence-electron chi connectivity index (χ0n) is 13.0. The second kappa shape index (κ2) is 6.73. The van der Waals surface area contributed by atoms with Crippen molar-refractivity contribution in [1.29, 1.82) is 0 Å². The van der Waals surface area contributed by atoms with Gasteiger partial charge in [-0.3, -0.25) is 0 Å². The average molecular weight is 303 g/mol. The van der Waals surface area contributed by atoms with Gasteiger partial charge in [0.2, 0.25) is 0 Å². The highest BCUT2D eigenvalue weighted by molar-refractivity contribution is 7.86. The molecule has 0 bridgehead atoms. The molecule has 2 aliphatic rings. The molecule has 2 rings (SSSR count). The second-order valence-electron chi connectivity index (χ2n) is 6.37. The summed E-state index contributed by atoms with van der Waals surface area (Å²) < 4.78 is 29.2. The molecule has 2 atom stereocenters. The van der Waals surface area contributed by atoms with Crippen molar-refractivity contribution < 1.29 is 8.42 Å². The molecule has 1 N–H and O–H groups in total. The van der Waals surface area contributed by atoms with Crippen molar-refractivity contribution in [3.05, 3.63) is 0 Å². The summed E-state index contributed by atoms with van der Waals surface area (Å²) in [6.07, 6.45) is 5.05. The van der Waals surface area contributed by atoms with Crippen LogP contribution in [-0.4, -0.2) is 55.8 Å². The van der Waals surface area contributed by atoms with Crippen LogP contribution in [0, 0.1) is 5.92 Å². The van der Waals surface area contributed by atoms with E-state index in [1.807, 2.05) is 20.9 Å². The zero-order valence-corrected chi connectivity index (χ0v) is 13.8. The highest BCUT2D eigenvalue weighted by Crippen LogP contribution is 2.29. The van der Waals surface area contributed by atoms with E-state index in [0.717, 1.165) is 38.6 Å². The van der Waals surface area contributed by atoms with E-state index in [-0.39, 0.29) is 12.1 Å². The molecule has 0 aromatic carbocycles. The lowest BCUT2D eigenvalue weighted by Crippen LogP contribution is -2.55. The smallest absolute Gasteiger partial charge is 0.282 e. The lowest BCUT2D eigenvalue weighted by atomic mass is 9.98. The molecule has 0 aromatic rings. The fourth-order valence-corrected chi connectivity index (χ4v) is 5.68. The van der Waals surface area contributed by atoms with Crippen LogP contribution in [0.5, 0.6) is 0 Å². The summed E-state index contributed by atoms with van der Waals surface area (Å²) in [5, 5.41) is 3.19. The van der Waals surface area contributed by atoms with Gasteiger partial charge >= 0.3 is 0 Å². The summed E-state index contributed by atoms with van der Waals surface area (Å²) in [4.78, 5) is 0. The third-order valence-electron chi connectivity index (χ3n) is 4.77. The van der Waals surface area contributed by atoms with Gasteiger partial charge in [0.05, 0.1) is 0 Å². The predicted molar refractivity (Wildman–Crippen MR) is 81.8 cm³/mol. The van der Waals surface area contributed by atoms with E-state index in [2.05, 4.69) is 5.32 Å². The zero-order chi connectivity index (χ0) is 14.8. The van der Waals surface area contributed by atoms with E-state index < -0.39 is 10.2 Å². The molecule has 6 heteroatoms. The van der Waals surface area contributed by atoms with Gasteiger partial charge in [0.25, 0.3) is 10.2 Å². The van der Waals surface area contributed by atoms with Crippen molar-refractivity contribution in [2.24, 2.45) is 5.92 Å². The Kier molecular flexibility index (Phi) is 5.45. The molecule has 0 radical (unpaired) electrons. The second-order valence-corrected chi connectivity index (χ2v) is 8.20. The predicted octanol–water partition coefficient (Wildman–Crippen LogP) is 1.43. The van der Waals surface area contributed by atoms with Crippen LogP contribution in [0.25, 0.3) is 0 Å². The van der Waals surface area contributed by atoms with Gasteiger partial charge in [0.1, 0.15) is 0 Å². The largest absolute Gasteiger partial charge is 0.319 e. The van der Waals surface area contributed by atoms with Crippen LogP contribution >= 0.6 is 0 Å². The molecule has 5 nitrogen and oxygen atoms in total. The number of nitrogens with one attached hydrogen (secondary N) is 1. The number of hydrogen-bond donors (Lipinski definition) is 1. The Labute approximate surface area is 123 Å². The standard InChI is InChI=1S/C14H29N3O2S/c1-12-5-4-6-13(2)17(12)20(18,19)16-9-7-14(8-10-16)11-15-3/h12-15H,4-11H2,1-3H3/t12-,13+. The maximum absolute atomic E-state index is 12.9. The Morgan fingerprint density at radius 3 is 2.10 bits per heavy atom. The molecule has 0 aliphatic carbocycles. The summed E-state index contributed by atoms with van der Waals surface area (Å²) in [5.74, 6) is 0.614. The van der Waals surface area contributed by atoms with Gasteiger partial charge in [-0.1, -0.05) is 6.42 Å². The van der Waals surface area contributed by atoms with E-state index in [0.29, 0.717) is 19.0 Å². The fourth-order valence-electron chi connectivity index (χ4n) is 3.62. The van der Waals surface area contributed by atoms with Crippen LogP contribution < -0.4 is 5.32 Å². The van der Waals surface area contributed by atoms with Crippen LogP contribution in [0.1, 0.15) is 46.0 Å². The van der Waals surface area contributed by atoms with E-state index in [4.69, 9.17) is 0 Å². The first-order valence-corrected chi connectivity index (χ1v) is 9.29. The molecule has 0 amide bonds. The Balaban J connectivity index is 2.03. The lowest BCUT2D eigenvalue weighted by Gasteiger charge is -2.42. The summed E-state index contributed by atoms with van der Waals surface area (Å²) in [6.45, 7) is 6.42. The quantitative estimate of drug-likeness (QED) is 0.855. The molecule has 0 unspecified atom stereocenters. The maximum atomic E-state index is 12.9. The van der Waals surface area contributed by atoms with Crippen molar-refractivity contribution >= 4 is 10.2 Å². The van der Waals surface area contributed by atoms with Crippen LogP contribution in [0.2, 0.25) is 0 Å².